The Kier molecular flexibility index (Phi) is 8.76. The zero-order chi connectivity index (χ0) is 27.2. The van der Waals surface area contributed by atoms with Crippen molar-refractivity contribution < 1.29 is 4.74 Å². The van der Waals surface area contributed by atoms with E-state index < -0.39 is 0 Å². The number of nitrogens with zero attached hydrogens (tertiary/aromatic N) is 5. The third-order valence-electron chi connectivity index (χ3n) is 7.82. The number of rotatable bonds is 11. The molecule has 1 aliphatic heterocycles. The second-order valence-electron chi connectivity index (χ2n) is 10.5. The number of hydrogen-bond acceptors (Lipinski definition) is 8. The van der Waals surface area contributed by atoms with Gasteiger partial charge in [-0.3, -0.25) is 5.01 Å². The molecule has 0 amide bonds. The van der Waals surface area contributed by atoms with Crippen molar-refractivity contribution in [2.24, 2.45) is 0 Å². The summed E-state index contributed by atoms with van der Waals surface area (Å²) in [6.45, 7) is 11.5. The number of hydrazine groups is 1. The maximum Gasteiger partial charge on any atom is 0.229 e. The third-order valence-corrected chi connectivity index (χ3v) is 7.82. The van der Waals surface area contributed by atoms with Gasteiger partial charge in [0.1, 0.15) is 0 Å². The molecule has 0 saturated carbocycles. The van der Waals surface area contributed by atoms with Crippen LogP contribution in [0.1, 0.15) is 42.4 Å². The van der Waals surface area contributed by atoms with E-state index in [1.165, 1.54) is 23.2 Å². The number of nitrogens with one attached hydrogen (secondary N) is 2. The van der Waals surface area contributed by atoms with Crippen LogP contribution < -0.4 is 20.7 Å². The predicted molar refractivity (Wildman–Crippen MR) is 160 cm³/mol. The first-order chi connectivity index (χ1) is 19.1. The number of aromatic nitrogens is 2. The molecule has 5 rings (SSSR count). The molecule has 39 heavy (non-hydrogen) atoms. The van der Waals surface area contributed by atoms with E-state index in [9.17, 15) is 0 Å². The molecule has 1 atom stereocenters. The summed E-state index contributed by atoms with van der Waals surface area (Å²) >= 11 is 0. The van der Waals surface area contributed by atoms with E-state index in [-0.39, 0.29) is 0 Å². The Labute approximate surface area is 232 Å². The molecule has 2 aromatic carbocycles. The lowest BCUT2D eigenvalue weighted by Crippen LogP contribution is -2.44. The van der Waals surface area contributed by atoms with Crippen LogP contribution in [0.2, 0.25) is 0 Å². The summed E-state index contributed by atoms with van der Waals surface area (Å²) in [4.78, 5) is 14.4. The van der Waals surface area contributed by atoms with Crippen LogP contribution >= 0.6 is 0 Å². The van der Waals surface area contributed by atoms with Crippen LogP contribution in [-0.4, -0.2) is 61.7 Å². The first-order valence-electron chi connectivity index (χ1n) is 14.0. The number of anilines is 5. The van der Waals surface area contributed by atoms with E-state index >= 15 is 0 Å². The summed E-state index contributed by atoms with van der Waals surface area (Å²) in [7, 11) is 3.87. The van der Waals surface area contributed by atoms with Gasteiger partial charge in [0.2, 0.25) is 5.95 Å². The van der Waals surface area contributed by atoms with Gasteiger partial charge >= 0.3 is 0 Å². The predicted octanol–water partition coefficient (Wildman–Crippen LogP) is 5.39. The molecular weight excluding hydrogens is 486 g/mol. The number of piperazine rings is 1. The first-order valence-corrected chi connectivity index (χ1v) is 14.0. The summed E-state index contributed by atoms with van der Waals surface area (Å²) < 4.78 is 5.52. The van der Waals surface area contributed by atoms with Gasteiger partial charge in [0.25, 0.3) is 0 Å². The van der Waals surface area contributed by atoms with E-state index in [4.69, 9.17) is 9.72 Å². The van der Waals surface area contributed by atoms with E-state index in [2.05, 4.69) is 88.5 Å². The zero-order valence-electron chi connectivity index (χ0n) is 23.5. The van der Waals surface area contributed by atoms with E-state index in [0.29, 0.717) is 25.0 Å². The second-order valence-corrected chi connectivity index (χ2v) is 10.5. The van der Waals surface area contributed by atoms with Crippen LogP contribution in [0.4, 0.5) is 28.8 Å². The number of fused-ring (bicyclic) bond motifs is 1. The number of ether oxygens (including phenoxy) is 1. The molecule has 3 aromatic rings. The molecule has 0 spiro atoms. The van der Waals surface area contributed by atoms with Crippen LogP contribution in [0.15, 0.2) is 61.3 Å². The van der Waals surface area contributed by atoms with E-state index in [1.807, 2.05) is 17.3 Å². The van der Waals surface area contributed by atoms with Gasteiger partial charge in [-0.05, 0) is 79.8 Å². The van der Waals surface area contributed by atoms with Crippen LogP contribution in [-0.2, 0) is 17.8 Å². The average molecular weight is 528 g/mol. The molecule has 0 radical (unpaired) electrons. The molecule has 2 heterocycles. The van der Waals surface area contributed by atoms with Crippen molar-refractivity contribution >= 4 is 28.8 Å². The highest BCUT2D eigenvalue weighted by Crippen LogP contribution is 2.38. The lowest BCUT2D eigenvalue weighted by Gasteiger charge is -2.34. The zero-order valence-corrected chi connectivity index (χ0v) is 23.5. The Balaban J connectivity index is 1.42. The van der Waals surface area contributed by atoms with Gasteiger partial charge in [-0.15, -0.1) is 6.58 Å². The van der Waals surface area contributed by atoms with Crippen molar-refractivity contribution in [3.63, 3.8) is 0 Å². The molecule has 206 valence electrons. The first kappa shape index (κ1) is 27.1. The molecule has 2 aliphatic rings. The van der Waals surface area contributed by atoms with Crippen molar-refractivity contribution in [1.82, 2.24) is 20.3 Å². The lowest BCUT2D eigenvalue weighted by molar-refractivity contribution is 0.184. The van der Waals surface area contributed by atoms with Crippen LogP contribution in [0.5, 0.6) is 0 Å². The second kappa shape index (κ2) is 12.6. The Morgan fingerprint density at radius 2 is 1.92 bits per heavy atom. The Hall–Kier alpha value is -3.46. The summed E-state index contributed by atoms with van der Waals surface area (Å²) in [5.41, 5.74) is 10.5. The van der Waals surface area contributed by atoms with Gasteiger partial charge in [-0.1, -0.05) is 19.1 Å². The largest absolute Gasteiger partial charge is 0.380 e. The quantitative estimate of drug-likeness (QED) is 0.254. The molecule has 8 nitrogen and oxygen atoms in total. The Morgan fingerprint density at radius 3 is 2.64 bits per heavy atom. The van der Waals surface area contributed by atoms with Gasteiger partial charge in [-0.2, -0.15) is 4.98 Å². The van der Waals surface area contributed by atoms with Crippen LogP contribution in [0, 0.1) is 0 Å². The maximum absolute atomic E-state index is 5.52. The topological polar surface area (TPSA) is 68.8 Å². The normalized spacial score (nSPS) is 17.2. The fourth-order valence-corrected chi connectivity index (χ4v) is 5.54. The number of likely N-dealkylation sites (N-methyl/N-ethyl adjacent to an activating group) is 1. The summed E-state index contributed by atoms with van der Waals surface area (Å²) in [5, 5.41) is 5.45. The van der Waals surface area contributed by atoms with Crippen molar-refractivity contribution in [2.75, 3.05) is 62.1 Å². The van der Waals surface area contributed by atoms with Crippen molar-refractivity contribution in [3.05, 3.63) is 78.0 Å². The monoisotopic (exact) mass is 527 g/mol. The number of hydrogen-bond donors (Lipinski definition) is 2. The minimum Gasteiger partial charge on any atom is -0.380 e. The summed E-state index contributed by atoms with van der Waals surface area (Å²) in [6, 6.07) is 15.3. The highest BCUT2D eigenvalue weighted by atomic mass is 16.5. The Morgan fingerprint density at radius 1 is 1.13 bits per heavy atom. The third kappa shape index (κ3) is 6.24. The van der Waals surface area contributed by atoms with E-state index in [0.717, 1.165) is 61.8 Å². The minimum atomic E-state index is 0.407. The molecule has 1 aliphatic carbocycles. The Bertz CT molecular complexity index is 1250. The molecule has 1 aromatic heterocycles. The molecule has 1 unspecified atom stereocenters. The minimum absolute atomic E-state index is 0.407. The number of aryl methyl sites for hydroxylation is 1. The van der Waals surface area contributed by atoms with Crippen molar-refractivity contribution in [2.45, 2.75) is 38.7 Å². The number of methoxy groups -OCH3 is 1. The molecule has 8 heteroatoms. The SMILES string of the molecule is C=CCNN(c1ccc2c(c1)C(CC)CC2)c1nc(Nc2ccc(N3CCN(C)CC3)cc2)ncc1COC. The fourth-order valence-electron chi connectivity index (χ4n) is 5.54. The number of benzene rings is 2. The van der Waals surface area contributed by atoms with Crippen molar-refractivity contribution in [1.29, 1.82) is 0 Å². The summed E-state index contributed by atoms with van der Waals surface area (Å²) in [5.74, 6) is 1.91. The maximum atomic E-state index is 5.52. The van der Waals surface area contributed by atoms with Gasteiger partial charge in [-0.25, -0.2) is 10.4 Å². The smallest absolute Gasteiger partial charge is 0.229 e. The average Bonchev–Trinajstić information content (AvgIpc) is 3.38. The molecule has 1 fully saturated rings. The van der Waals surface area contributed by atoms with Crippen LogP contribution in [0.3, 0.4) is 0 Å². The van der Waals surface area contributed by atoms with Gasteiger partial charge in [0.15, 0.2) is 5.82 Å². The molecule has 0 bridgehead atoms. The molecular formula is C31H41N7O. The molecule has 2 N–H and O–H groups in total. The van der Waals surface area contributed by atoms with Gasteiger partial charge in [0, 0.05) is 63.0 Å². The van der Waals surface area contributed by atoms with E-state index in [1.54, 1.807) is 7.11 Å². The fraction of sp³-hybridized carbons (Fsp3) is 0.419. The lowest BCUT2D eigenvalue weighted by atomic mass is 9.98. The van der Waals surface area contributed by atoms with Crippen LogP contribution in [0.25, 0.3) is 0 Å². The van der Waals surface area contributed by atoms with Gasteiger partial charge in [0.05, 0.1) is 12.3 Å². The molecule has 1 saturated heterocycles. The van der Waals surface area contributed by atoms with Gasteiger partial charge < -0.3 is 19.9 Å². The highest BCUT2D eigenvalue weighted by Gasteiger charge is 2.24. The van der Waals surface area contributed by atoms with Crippen molar-refractivity contribution in [3.8, 4) is 0 Å². The summed E-state index contributed by atoms with van der Waals surface area (Å²) in [6.07, 6.45) is 7.23. The standard InChI is InChI=1S/C31H41N7O/c1-5-15-33-38(28-12-9-24-8-7-23(6-2)29(24)20-28)30-25(22-39-4)21-32-31(35-30)34-26-10-13-27(14-11-26)37-18-16-36(3)17-19-37/h5,9-14,20-21,23,33H,1,6-8,15-19,22H2,2-4H3,(H,32,34,35). The highest BCUT2D eigenvalue weighted by molar-refractivity contribution is 5.66.